The number of carbonyl (C=O) groups is 2. The number of nitrogens with zero attached hydrogens (tertiary/aromatic N) is 2. The number of esters is 1. The summed E-state index contributed by atoms with van der Waals surface area (Å²) < 4.78 is 10.2. The van der Waals surface area contributed by atoms with E-state index in [-0.39, 0.29) is 11.3 Å². The van der Waals surface area contributed by atoms with Crippen molar-refractivity contribution in [2.45, 2.75) is 64.5 Å². The molecule has 1 atom stereocenters. The van der Waals surface area contributed by atoms with Gasteiger partial charge in [-0.15, -0.1) is 0 Å². The molecule has 1 saturated carbocycles. The summed E-state index contributed by atoms with van der Waals surface area (Å²) >= 11 is 0. The Morgan fingerprint density at radius 2 is 1.92 bits per heavy atom. The van der Waals surface area contributed by atoms with Crippen molar-refractivity contribution in [1.82, 2.24) is 4.90 Å². The first-order valence-corrected chi connectivity index (χ1v) is 8.73. The average molecular weight is 360 g/mol. The van der Waals surface area contributed by atoms with Crippen LogP contribution in [-0.2, 0) is 9.53 Å². The fraction of sp³-hybridized carbons (Fsp3) is 0.579. The predicted molar refractivity (Wildman–Crippen MR) is 93.5 cm³/mol. The van der Waals surface area contributed by atoms with Gasteiger partial charge in [0.1, 0.15) is 16.9 Å². The Hall–Kier alpha value is -2.62. The molecule has 1 fully saturated rings. The van der Waals surface area contributed by atoms with Gasteiger partial charge in [0.15, 0.2) is 6.10 Å². The van der Waals surface area contributed by atoms with E-state index >= 15 is 0 Å². The number of nitriles is 1. The molecule has 1 aromatic heterocycles. The minimum Gasteiger partial charge on any atom is -0.449 e. The molecule has 1 aromatic rings. The summed E-state index contributed by atoms with van der Waals surface area (Å²) in [5.74, 6) is -1.00. The van der Waals surface area contributed by atoms with Crippen LogP contribution in [0.1, 0.15) is 60.7 Å². The molecule has 0 aromatic carbocycles. The van der Waals surface area contributed by atoms with E-state index in [4.69, 9.17) is 9.15 Å². The Morgan fingerprint density at radius 3 is 2.46 bits per heavy atom. The Balaban J connectivity index is 2.15. The van der Waals surface area contributed by atoms with E-state index in [0.29, 0.717) is 18.4 Å². The molecule has 1 aliphatic carbocycles. The van der Waals surface area contributed by atoms with Crippen LogP contribution in [0.5, 0.6) is 0 Å². The third-order valence-electron chi connectivity index (χ3n) is 5.03. The molecule has 1 aliphatic rings. The van der Waals surface area contributed by atoms with Gasteiger partial charge >= 0.3 is 11.6 Å². The molecule has 0 bridgehead atoms. The third-order valence-corrected chi connectivity index (χ3v) is 5.03. The van der Waals surface area contributed by atoms with Crippen molar-refractivity contribution in [1.29, 1.82) is 5.26 Å². The van der Waals surface area contributed by atoms with E-state index in [0.717, 1.165) is 19.3 Å². The number of amides is 1. The molecular weight excluding hydrogens is 336 g/mol. The Bertz CT molecular complexity index is 773. The fourth-order valence-corrected chi connectivity index (χ4v) is 3.48. The van der Waals surface area contributed by atoms with Crippen molar-refractivity contribution in [3.63, 3.8) is 0 Å². The van der Waals surface area contributed by atoms with Crippen LogP contribution < -0.4 is 5.63 Å². The lowest BCUT2D eigenvalue weighted by Crippen LogP contribution is -2.53. The number of hydrogen-bond acceptors (Lipinski definition) is 6. The molecule has 7 heteroatoms. The lowest BCUT2D eigenvalue weighted by molar-refractivity contribution is -0.143. The Kier molecular flexibility index (Phi) is 5.86. The molecule has 1 heterocycles. The van der Waals surface area contributed by atoms with Gasteiger partial charge in [-0.05, 0) is 39.2 Å². The highest BCUT2D eigenvalue weighted by atomic mass is 16.5. The first kappa shape index (κ1) is 19.7. The van der Waals surface area contributed by atoms with Crippen molar-refractivity contribution >= 4 is 11.9 Å². The maximum absolute atomic E-state index is 12.7. The normalized spacial score (nSPS) is 17.0. The second kappa shape index (κ2) is 7.73. The lowest BCUT2D eigenvalue weighted by Gasteiger charge is -2.39. The van der Waals surface area contributed by atoms with Gasteiger partial charge in [0.2, 0.25) is 0 Å². The van der Waals surface area contributed by atoms with Gasteiger partial charge in [0.25, 0.3) is 5.91 Å². The summed E-state index contributed by atoms with van der Waals surface area (Å²) in [6.07, 6.45) is 3.02. The van der Waals surface area contributed by atoms with Gasteiger partial charge in [-0.3, -0.25) is 4.79 Å². The van der Waals surface area contributed by atoms with Gasteiger partial charge in [-0.1, -0.05) is 19.3 Å². The molecule has 0 unspecified atom stereocenters. The van der Waals surface area contributed by atoms with Gasteiger partial charge in [0.05, 0.1) is 6.07 Å². The van der Waals surface area contributed by atoms with Gasteiger partial charge in [-0.2, -0.15) is 5.26 Å². The quantitative estimate of drug-likeness (QED) is 0.765. The Morgan fingerprint density at radius 1 is 1.31 bits per heavy atom. The highest BCUT2D eigenvalue weighted by Crippen LogP contribution is 2.33. The number of aryl methyl sites for hydroxylation is 2. The molecular formula is C19H24N2O5. The molecule has 0 N–H and O–H groups in total. The molecule has 0 spiro atoms. The largest absolute Gasteiger partial charge is 0.449 e. The van der Waals surface area contributed by atoms with Crippen molar-refractivity contribution in [2.75, 3.05) is 7.05 Å². The van der Waals surface area contributed by atoms with E-state index in [1.807, 2.05) is 0 Å². The van der Waals surface area contributed by atoms with Crippen LogP contribution in [0.15, 0.2) is 15.3 Å². The number of hydrogen-bond donors (Lipinski definition) is 0. The van der Waals surface area contributed by atoms with Crippen LogP contribution in [0.3, 0.4) is 0 Å². The monoisotopic (exact) mass is 360 g/mol. The summed E-state index contributed by atoms with van der Waals surface area (Å²) in [4.78, 5) is 37.9. The van der Waals surface area contributed by atoms with E-state index in [9.17, 15) is 19.6 Å². The summed E-state index contributed by atoms with van der Waals surface area (Å²) in [6, 6.07) is 3.48. The molecule has 140 valence electrons. The summed E-state index contributed by atoms with van der Waals surface area (Å²) in [5.41, 5.74) is -0.827. The number of ether oxygens (including phenoxy) is 1. The zero-order valence-electron chi connectivity index (χ0n) is 15.6. The fourth-order valence-electron chi connectivity index (χ4n) is 3.48. The minimum absolute atomic E-state index is 0.138. The number of carbonyl (C=O) groups excluding carboxylic acids is 2. The summed E-state index contributed by atoms with van der Waals surface area (Å²) in [6.45, 7) is 4.58. The smallest absolute Gasteiger partial charge is 0.342 e. The first-order valence-electron chi connectivity index (χ1n) is 8.73. The van der Waals surface area contributed by atoms with Crippen LogP contribution in [0, 0.1) is 25.2 Å². The van der Waals surface area contributed by atoms with Crippen molar-refractivity contribution in [3.8, 4) is 6.07 Å². The van der Waals surface area contributed by atoms with Gasteiger partial charge < -0.3 is 14.1 Å². The maximum Gasteiger partial charge on any atom is 0.342 e. The third kappa shape index (κ3) is 3.79. The van der Waals surface area contributed by atoms with Crippen molar-refractivity contribution in [3.05, 3.63) is 33.4 Å². The van der Waals surface area contributed by atoms with Gasteiger partial charge in [-0.25, -0.2) is 9.59 Å². The molecule has 1 amide bonds. The van der Waals surface area contributed by atoms with Crippen molar-refractivity contribution < 1.29 is 18.7 Å². The summed E-state index contributed by atoms with van der Waals surface area (Å²) in [7, 11) is 1.58. The molecule has 0 aliphatic heterocycles. The molecule has 7 nitrogen and oxygen atoms in total. The first-order chi connectivity index (χ1) is 12.2. The van der Waals surface area contributed by atoms with E-state index < -0.39 is 29.1 Å². The zero-order valence-corrected chi connectivity index (χ0v) is 15.6. The lowest BCUT2D eigenvalue weighted by atomic mass is 9.81. The maximum atomic E-state index is 12.7. The van der Waals surface area contributed by atoms with E-state index in [1.54, 1.807) is 14.0 Å². The molecule has 26 heavy (non-hydrogen) atoms. The highest BCUT2D eigenvalue weighted by molar-refractivity contribution is 5.94. The zero-order chi connectivity index (χ0) is 19.5. The van der Waals surface area contributed by atoms with Crippen LogP contribution in [0.4, 0.5) is 0 Å². The van der Waals surface area contributed by atoms with E-state index in [1.165, 1.54) is 24.8 Å². The highest BCUT2D eigenvalue weighted by Gasteiger charge is 2.41. The van der Waals surface area contributed by atoms with Gasteiger partial charge in [0, 0.05) is 13.1 Å². The summed E-state index contributed by atoms with van der Waals surface area (Å²) in [5, 5.41) is 9.61. The second-order valence-corrected chi connectivity index (χ2v) is 6.83. The van der Waals surface area contributed by atoms with Crippen LogP contribution >= 0.6 is 0 Å². The van der Waals surface area contributed by atoms with Crippen molar-refractivity contribution in [2.24, 2.45) is 0 Å². The van der Waals surface area contributed by atoms with Crippen LogP contribution in [0.25, 0.3) is 0 Å². The second-order valence-electron chi connectivity index (χ2n) is 6.83. The number of likely N-dealkylation sites (N-methyl/N-ethyl adjacent to an activating group) is 1. The molecule has 2 rings (SSSR count). The molecule has 0 saturated heterocycles. The number of rotatable bonds is 4. The standard InChI is InChI=1S/C19H24N2O5/c1-12-10-15(22)25-13(2)16(12)18(24)26-14(3)17(23)21(4)19(11-20)8-6-5-7-9-19/h10,14H,5-9H2,1-4H3/t14-/m1/s1. The average Bonchev–Trinajstić information content (AvgIpc) is 2.60. The van der Waals surface area contributed by atoms with E-state index in [2.05, 4.69) is 6.07 Å². The van der Waals surface area contributed by atoms with Crippen LogP contribution in [0.2, 0.25) is 0 Å². The molecule has 0 radical (unpaired) electrons. The SMILES string of the molecule is Cc1cc(=O)oc(C)c1C(=O)O[C@H](C)C(=O)N(C)C1(C#N)CCCCC1. The Labute approximate surface area is 152 Å². The van der Waals surface area contributed by atoms with Crippen LogP contribution in [-0.4, -0.2) is 35.5 Å². The topological polar surface area (TPSA) is 101 Å². The minimum atomic E-state index is -1.05. The predicted octanol–water partition coefficient (Wildman–Crippen LogP) is 2.49.